The molecular formula is C46H29N3. The lowest BCUT2D eigenvalue weighted by Crippen LogP contribution is -2.04. The van der Waals surface area contributed by atoms with E-state index in [0.29, 0.717) is 5.95 Å². The molecule has 228 valence electrons. The smallest absolute Gasteiger partial charge is 0.235 e. The van der Waals surface area contributed by atoms with Crippen LogP contribution in [-0.4, -0.2) is 14.5 Å². The van der Waals surface area contributed by atoms with Crippen molar-refractivity contribution in [2.75, 3.05) is 0 Å². The molecule has 2 aromatic heterocycles. The lowest BCUT2D eigenvalue weighted by atomic mass is 9.94. The first kappa shape index (κ1) is 27.5. The molecule has 10 aromatic rings. The van der Waals surface area contributed by atoms with E-state index in [1.165, 1.54) is 48.7 Å². The van der Waals surface area contributed by atoms with Crippen molar-refractivity contribution < 1.29 is 0 Å². The third-order valence-corrected chi connectivity index (χ3v) is 9.79. The van der Waals surface area contributed by atoms with Gasteiger partial charge in [-0.15, -0.1) is 0 Å². The van der Waals surface area contributed by atoms with E-state index in [4.69, 9.17) is 9.97 Å². The summed E-state index contributed by atoms with van der Waals surface area (Å²) in [5.74, 6) is 0.651. The number of hydrogen-bond donors (Lipinski definition) is 0. The van der Waals surface area contributed by atoms with Gasteiger partial charge in [0.1, 0.15) is 0 Å². The summed E-state index contributed by atoms with van der Waals surface area (Å²) in [6.45, 7) is 0. The predicted molar refractivity (Wildman–Crippen MR) is 205 cm³/mol. The molecular weight excluding hydrogens is 595 g/mol. The van der Waals surface area contributed by atoms with Gasteiger partial charge in [-0.2, -0.15) is 0 Å². The largest absolute Gasteiger partial charge is 0.278 e. The topological polar surface area (TPSA) is 30.7 Å². The van der Waals surface area contributed by atoms with Crippen LogP contribution in [0.1, 0.15) is 0 Å². The van der Waals surface area contributed by atoms with Gasteiger partial charge in [-0.05, 0) is 67.7 Å². The van der Waals surface area contributed by atoms with E-state index < -0.39 is 0 Å². The third kappa shape index (κ3) is 4.44. The normalized spacial score (nSPS) is 11.7. The maximum atomic E-state index is 5.33. The second-order valence-electron chi connectivity index (χ2n) is 12.6. The molecule has 0 saturated heterocycles. The van der Waals surface area contributed by atoms with Crippen molar-refractivity contribution in [1.82, 2.24) is 14.5 Å². The van der Waals surface area contributed by atoms with Crippen molar-refractivity contribution in [3.63, 3.8) is 0 Å². The number of benzene rings is 8. The van der Waals surface area contributed by atoms with Crippen LogP contribution in [0.15, 0.2) is 176 Å². The minimum absolute atomic E-state index is 0.651. The van der Waals surface area contributed by atoms with Gasteiger partial charge in [-0.3, -0.25) is 4.57 Å². The Balaban J connectivity index is 1.27. The van der Waals surface area contributed by atoms with Crippen LogP contribution in [0.25, 0.3) is 93.7 Å². The number of hydrogen-bond acceptors (Lipinski definition) is 2. The fourth-order valence-corrected chi connectivity index (χ4v) is 7.52. The van der Waals surface area contributed by atoms with Crippen LogP contribution in [-0.2, 0) is 0 Å². The Kier molecular flexibility index (Phi) is 6.18. The summed E-state index contributed by atoms with van der Waals surface area (Å²) in [4.78, 5) is 10.6. The number of rotatable bonds is 4. The molecule has 3 heteroatoms. The van der Waals surface area contributed by atoms with Crippen molar-refractivity contribution in [1.29, 1.82) is 0 Å². The van der Waals surface area contributed by atoms with Crippen LogP contribution in [0.2, 0.25) is 0 Å². The van der Waals surface area contributed by atoms with Crippen LogP contribution >= 0.6 is 0 Å². The highest BCUT2D eigenvalue weighted by Gasteiger charge is 2.19. The number of nitrogens with zero attached hydrogens (tertiary/aromatic N) is 3. The van der Waals surface area contributed by atoms with Gasteiger partial charge in [0.15, 0.2) is 0 Å². The monoisotopic (exact) mass is 623 g/mol. The van der Waals surface area contributed by atoms with Gasteiger partial charge in [0.2, 0.25) is 5.95 Å². The SMILES string of the molecule is c1ccc(-c2cccc(-c3cc(-c4ccccc4)nc(-n4c5ccccc5c5c6ccc7ccc8ccccc8c7c6ccc54)n3)c2)cc1. The van der Waals surface area contributed by atoms with E-state index >= 15 is 0 Å². The van der Waals surface area contributed by atoms with Gasteiger partial charge < -0.3 is 0 Å². The summed E-state index contributed by atoms with van der Waals surface area (Å²) < 4.78 is 2.24. The third-order valence-electron chi connectivity index (χ3n) is 9.79. The molecule has 10 rings (SSSR count). The zero-order chi connectivity index (χ0) is 32.3. The molecule has 0 bridgehead atoms. The summed E-state index contributed by atoms with van der Waals surface area (Å²) in [5.41, 5.74) is 8.36. The Morgan fingerprint density at radius 3 is 1.76 bits per heavy atom. The fourth-order valence-electron chi connectivity index (χ4n) is 7.52. The van der Waals surface area contributed by atoms with E-state index in [1.54, 1.807) is 0 Å². The number of fused-ring (bicyclic) bond motifs is 9. The Morgan fingerprint density at radius 1 is 0.327 bits per heavy atom. The fraction of sp³-hybridized carbons (Fsp3) is 0. The van der Waals surface area contributed by atoms with Crippen LogP contribution < -0.4 is 0 Å². The second kappa shape index (κ2) is 11.0. The molecule has 0 aliphatic rings. The molecule has 0 radical (unpaired) electrons. The Bertz CT molecular complexity index is 2870. The summed E-state index contributed by atoms with van der Waals surface area (Å²) in [6, 6.07) is 62.5. The minimum Gasteiger partial charge on any atom is -0.278 e. The lowest BCUT2D eigenvalue weighted by molar-refractivity contribution is 0.996. The molecule has 49 heavy (non-hydrogen) atoms. The summed E-state index contributed by atoms with van der Waals surface area (Å²) >= 11 is 0. The first-order valence-electron chi connectivity index (χ1n) is 16.7. The molecule has 0 saturated carbocycles. The van der Waals surface area contributed by atoms with Crippen molar-refractivity contribution in [2.24, 2.45) is 0 Å². The van der Waals surface area contributed by atoms with Crippen molar-refractivity contribution in [3.8, 4) is 39.6 Å². The van der Waals surface area contributed by atoms with E-state index in [-0.39, 0.29) is 0 Å². The highest BCUT2D eigenvalue weighted by atomic mass is 15.2. The first-order valence-corrected chi connectivity index (χ1v) is 16.7. The van der Waals surface area contributed by atoms with Crippen LogP contribution in [0.5, 0.6) is 0 Å². The number of para-hydroxylation sites is 1. The van der Waals surface area contributed by atoms with Gasteiger partial charge in [-0.25, -0.2) is 9.97 Å². The lowest BCUT2D eigenvalue weighted by Gasteiger charge is -2.13. The van der Waals surface area contributed by atoms with Crippen molar-refractivity contribution >= 4 is 54.1 Å². The molecule has 3 nitrogen and oxygen atoms in total. The molecule has 0 N–H and O–H groups in total. The molecule has 0 fully saturated rings. The molecule has 0 amide bonds. The van der Waals surface area contributed by atoms with E-state index in [1.807, 2.05) is 6.07 Å². The van der Waals surface area contributed by atoms with E-state index in [2.05, 4.69) is 174 Å². The summed E-state index contributed by atoms with van der Waals surface area (Å²) in [5, 5.41) is 9.93. The molecule has 0 aliphatic carbocycles. The highest BCUT2D eigenvalue weighted by molar-refractivity contribution is 6.29. The first-order chi connectivity index (χ1) is 24.3. The Morgan fingerprint density at radius 2 is 0.918 bits per heavy atom. The Hall–Kier alpha value is -6.58. The highest BCUT2D eigenvalue weighted by Crippen LogP contribution is 2.41. The Labute approximate surface area is 283 Å². The zero-order valence-electron chi connectivity index (χ0n) is 26.6. The molecule has 0 spiro atoms. The van der Waals surface area contributed by atoms with Crippen LogP contribution in [0.4, 0.5) is 0 Å². The summed E-state index contributed by atoms with van der Waals surface area (Å²) in [7, 11) is 0. The average Bonchev–Trinajstić information content (AvgIpc) is 3.53. The number of aromatic nitrogens is 3. The molecule has 0 unspecified atom stereocenters. The quantitative estimate of drug-likeness (QED) is 0.183. The average molecular weight is 624 g/mol. The maximum Gasteiger partial charge on any atom is 0.235 e. The van der Waals surface area contributed by atoms with Crippen molar-refractivity contribution in [3.05, 3.63) is 176 Å². The summed E-state index contributed by atoms with van der Waals surface area (Å²) in [6.07, 6.45) is 0. The molecule has 0 atom stereocenters. The van der Waals surface area contributed by atoms with Gasteiger partial charge in [-0.1, -0.05) is 152 Å². The second-order valence-corrected chi connectivity index (χ2v) is 12.6. The van der Waals surface area contributed by atoms with Crippen LogP contribution in [0, 0.1) is 0 Å². The standard InChI is InChI=1S/C46H29N3/c1-3-12-30(13-4-1)34-17-11-18-35(28-34)41-29-40(32-15-5-2-6-16-32)47-46(48-41)49-42-21-10-9-20-39(42)45-38-25-24-33-23-22-31-14-7-8-19-36(31)44(33)37(38)26-27-43(45)49/h1-29H. The minimum atomic E-state index is 0.651. The van der Waals surface area contributed by atoms with E-state index in [9.17, 15) is 0 Å². The van der Waals surface area contributed by atoms with Crippen LogP contribution in [0.3, 0.4) is 0 Å². The molecule has 0 aliphatic heterocycles. The van der Waals surface area contributed by atoms with E-state index in [0.717, 1.165) is 39.1 Å². The van der Waals surface area contributed by atoms with Gasteiger partial charge >= 0.3 is 0 Å². The van der Waals surface area contributed by atoms with Gasteiger partial charge in [0.25, 0.3) is 0 Å². The zero-order valence-corrected chi connectivity index (χ0v) is 26.6. The molecule has 8 aromatic carbocycles. The molecule has 2 heterocycles. The predicted octanol–water partition coefficient (Wildman–Crippen LogP) is 12.0. The van der Waals surface area contributed by atoms with Gasteiger partial charge in [0, 0.05) is 21.9 Å². The van der Waals surface area contributed by atoms with Gasteiger partial charge in [0.05, 0.1) is 22.4 Å². The maximum absolute atomic E-state index is 5.33. The van der Waals surface area contributed by atoms with Crippen molar-refractivity contribution in [2.45, 2.75) is 0 Å².